The minimum absolute atomic E-state index is 0.0702. The molecule has 0 saturated carbocycles. The SMILES string of the molecule is COc1ccc(Cl)cc1/C(N)=N/OC(=O)c1ccc(COc2ccccc2[N+](=O)[O-])o1. The van der Waals surface area contributed by atoms with Gasteiger partial charge in [-0.05, 0) is 36.4 Å². The zero-order chi connectivity index (χ0) is 22.4. The molecule has 1 heterocycles. The molecule has 160 valence electrons. The van der Waals surface area contributed by atoms with Crippen LogP contribution in [0.2, 0.25) is 5.02 Å². The Labute approximate surface area is 180 Å². The molecule has 0 aliphatic carbocycles. The number of para-hydroxylation sites is 2. The summed E-state index contributed by atoms with van der Waals surface area (Å²) < 4.78 is 15.9. The highest BCUT2D eigenvalue weighted by molar-refractivity contribution is 6.31. The van der Waals surface area contributed by atoms with E-state index in [1.807, 2.05) is 0 Å². The zero-order valence-electron chi connectivity index (χ0n) is 16.1. The number of carbonyl (C=O) groups excluding carboxylic acids is 1. The van der Waals surface area contributed by atoms with Crippen molar-refractivity contribution in [2.45, 2.75) is 6.61 Å². The predicted molar refractivity (Wildman–Crippen MR) is 110 cm³/mol. The van der Waals surface area contributed by atoms with Gasteiger partial charge in [-0.3, -0.25) is 10.1 Å². The number of benzene rings is 2. The Balaban J connectivity index is 1.65. The second-order valence-electron chi connectivity index (χ2n) is 5.98. The molecule has 0 atom stereocenters. The molecule has 0 fully saturated rings. The van der Waals surface area contributed by atoms with Gasteiger partial charge in [-0.25, -0.2) is 4.79 Å². The number of carbonyl (C=O) groups is 1. The van der Waals surface area contributed by atoms with Crippen molar-refractivity contribution >= 4 is 29.1 Å². The molecule has 2 aromatic carbocycles. The molecule has 0 spiro atoms. The molecular formula is C20H16ClN3O7. The number of nitro benzene ring substituents is 1. The Hall–Kier alpha value is -4.05. The van der Waals surface area contributed by atoms with Gasteiger partial charge in [0.15, 0.2) is 11.6 Å². The minimum Gasteiger partial charge on any atom is -0.496 e. The molecule has 31 heavy (non-hydrogen) atoms. The van der Waals surface area contributed by atoms with Crippen LogP contribution in [0.25, 0.3) is 0 Å². The quantitative estimate of drug-likeness (QED) is 0.181. The highest BCUT2D eigenvalue weighted by Gasteiger charge is 2.17. The van der Waals surface area contributed by atoms with Gasteiger partial charge in [0.25, 0.3) is 0 Å². The van der Waals surface area contributed by atoms with Gasteiger partial charge in [0.1, 0.15) is 18.1 Å². The largest absolute Gasteiger partial charge is 0.496 e. The summed E-state index contributed by atoms with van der Waals surface area (Å²) in [5, 5.41) is 15.0. The normalized spacial score (nSPS) is 11.1. The highest BCUT2D eigenvalue weighted by atomic mass is 35.5. The number of nitrogens with zero attached hydrogens (tertiary/aromatic N) is 2. The van der Waals surface area contributed by atoms with Crippen LogP contribution in [0.1, 0.15) is 21.9 Å². The number of hydrogen-bond acceptors (Lipinski definition) is 8. The Morgan fingerprint density at radius 2 is 1.97 bits per heavy atom. The lowest BCUT2D eigenvalue weighted by atomic mass is 10.2. The second kappa shape index (κ2) is 9.63. The predicted octanol–water partition coefficient (Wildman–Crippen LogP) is 3.91. The van der Waals surface area contributed by atoms with Crippen molar-refractivity contribution in [2.75, 3.05) is 7.11 Å². The summed E-state index contributed by atoms with van der Waals surface area (Å²) in [5.41, 5.74) is 6.01. The van der Waals surface area contributed by atoms with Crippen molar-refractivity contribution in [3.63, 3.8) is 0 Å². The van der Waals surface area contributed by atoms with Crippen LogP contribution in [-0.4, -0.2) is 23.8 Å². The molecule has 11 heteroatoms. The number of furan rings is 1. The van der Waals surface area contributed by atoms with E-state index < -0.39 is 10.9 Å². The Morgan fingerprint density at radius 3 is 2.71 bits per heavy atom. The smallest absolute Gasteiger partial charge is 0.400 e. The third-order valence-corrected chi connectivity index (χ3v) is 4.19. The first-order valence-electron chi connectivity index (χ1n) is 8.72. The van der Waals surface area contributed by atoms with Crippen molar-refractivity contribution < 1.29 is 28.4 Å². The second-order valence-corrected chi connectivity index (χ2v) is 6.42. The standard InChI is InChI=1S/C20H16ClN3O7/c1-28-16-8-6-12(21)10-14(16)19(22)23-31-20(25)18-9-7-13(30-18)11-29-17-5-3-2-4-15(17)24(26)27/h2-10H,11H2,1H3,(H2,22,23). The van der Waals surface area contributed by atoms with E-state index in [2.05, 4.69) is 5.16 Å². The maximum Gasteiger partial charge on any atom is 0.400 e. The fourth-order valence-corrected chi connectivity index (χ4v) is 2.68. The number of hydrogen-bond donors (Lipinski definition) is 1. The van der Waals surface area contributed by atoms with E-state index in [0.29, 0.717) is 16.3 Å². The van der Waals surface area contributed by atoms with Crippen LogP contribution in [0.5, 0.6) is 11.5 Å². The number of rotatable bonds is 8. The van der Waals surface area contributed by atoms with Gasteiger partial charge in [0.05, 0.1) is 17.6 Å². The van der Waals surface area contributed by atoms with Crippen molar-refractivity contribution in [2.24, 2.45) is 10.9 Å². The van der Waals surface area contributed by atoms with Crippen molar-refractivity contribution in [1.29, 1.82) is 0 Å². The van der Waals surface area contributed by atoms with Crippen molar-refractivity contribution in [3.05, 3.63) is 86.8 Å². The fourth-order valence-electron chi connectivity index (χ4n) is 2.51. The molecule has 3 rings (SSSR count). The number of oxime groups is 1. The average Bonchev–Trinajstić information content (AvgIpc) is 3.25. The number of halogens is 1. The van der Waals surface area contributed by atoms with Crippen LogP contribution in [0, 0.1) is 10.1 Å². The molecule has 0 aliphatic rings. The highest BCUT2D eigenvalue weighted by Crippen LogP contribution is 2.27. The number of amidine groups is 1. The molecule has 2 N–H and O–H groups in total. The summed E-state index contributed by atoms with van der Waals surface area (Å²) in [7, 11) is 1.45. The van der Waals surface area contributed by atoms with E-state index >= 15 is 0 Å². The fraction of sp³-hybridized carbons (Fsp3) is 0.100. The van der Waals surface area contributed by atoms with Gasteiger partial charge in [-0.15, -0.1) is 0 Å². The maximum absolute atomic E-state index is 12.2. The molecule has 0 saturated heterocycles. The van der Waals surface area contributed by atoms with Crippen molar-refractivity contribution in [1.82, 2.24) is 0 Å². The van der Waals surface area contributed by atoms with Crippen LogP contribution in [0.15, 0.2) is 64.2 Å². The van der Waals surface area contributed by atoms with Crippen molar-refractivity contribution in [3.8, 4) is 11.5 Å². The van der Waals surface area contributed by atoms with Crippen LogP contribution < -0.4 is 15.2 Å². The maximum atomic E-state index is 12.2. The summed E-state index contributed by atoms with van der Waals surface area (Å²) in [4.78, 5) is 27.4. The first-order chi connectivity index (χ1) is 14.9. The van der Waals surface area contributed by atoms with Crippen LogP contribution >= 0.6 is 11.6 Å². The van der Waals surface area contributed by atoms with E-state index in [1.54, 1.807) is 18.2 Å². The molecule has 0 unspecified atom stereocenters. The zero-order valence-corrected chi connectivity index (χ0v) is 16.9. The van der Waals surface area contributed by atoms with Gasteiger partial charge in [0.2, 0.25) is 5.76 Å². The molecule has 0 bridgehead atoms. The van der Waals surface area contributed by atoms with Gasteiger partial charge in [0, 0.05) is 11.1 Å². The van der Waals surface area contributed by atoms with E-state index in [9.17, 15) is 14.9 Å². The first-order valence-corrected chi connectivity index (χ1v) is 9.10. The third-order valence-electron chi connectivity index (χ3n) is 3.96. The Bertz CT molecular complexity index is 1140. The topological polar surface area (TPSA) is 139 Å². The molecule has 10 nitrogen and oxygen atoms in total. The van der Waals surface area contributed by atoms with Gasteiger partial charge >= 0.3 is 11.7 Å². The monoisotopic (exact) mass is 445 g/mol. The summed E-state index contributed by atoms with van der Waals surface area (Å²) in [6.07, 6.45) is 0. The number of nitro groups is 1. The lowest BCUT2D eigenvalue weighted by Crippen LogP contribution is -2.16. The molecule has 1 aromatic heterocycles. The summed E-state index contributed by atoms with van der Waals surface area (Å²) >= 11 is 5.94. The van der Waals surface area contributed by atoms with Gasteiger partial charge in [-0.2, -0.15) is 0 Å². The lowest BCUT2D eigenvalue weighted by Gasteiger charge is -2.07. The molecule has 0 aliphatic heterocycles. The number of methoxy groups -OCH3 is 1. The first kappa shape index (κ1) is 21.7. The van der Waals surface area contributed by atoms with E-state index in [0.717, 1.165) is 0 Å². The third kappa shape index (κ3) is 5.31. The van der Waals surface area contributed by atoms with E-state index in [4.69, 9.17) is 36.1 Å². The molecule has 3 aromatic rings. The number of nitrogens with two attached hydrogens (primary N) is 1. The number of ether oxygens (including phenoxy) is 2. The molecule has 0 amide bonds. The van der Waals surface area contributed by atoms with Crippen LogP contribution in [0.3, 0.4) is 0 Å². The van der Waals surface area contributed by atoms with Crippen LogP contribution in [0.4, 0.5) is 5.69 Å². The average molecular weight is 446 g/mol. The van der Waals surface area contributed by atoms with E-state index in [-0.39, 0.29) is 35.4 Å². The minimum atomic E-state index is -0.902. The van der Waals surface area contributed by atoms with E-state index in [1.165, 1.54) is 43.5 Å². The van der Waals surface area contributed by atoms with Crippen LogP contribution in [-0.2, 0) is 11.4 Å². The summed E-state index contributed by atoms with van der Waals surface area (Å²) in [6, 6.07) is 13.4. The Kier molecular flexibility index (Phi) is 6.73. The lowest BCUT2D eigenvalue weighted by molar-refractivity contribution is -0.386. The summed E-state index contributed by atoms with van der Waals surface area (Å²) in [6.45, 7) is -0.136. The molecule has 0 radical (unpaired) electrons. The molecular weight excluding hydrogens is 430 g/mol. The Morgan fingerprint density at radius 1 is 1.19 bits per heavy atom. The van der Waals surface area contributed by atoms with Gasteiger partial charge < -0.3 is 24.5 Å². The van der Waals surface area contributed by atoms with Gasteiger partial charge in [-0.1, -0.05) is 28.9 Å². The summed E-state index contributed by atoms with van der Waals surface area (Å²) in [5.74, 6) is -0.468.